The molecule has 0 saturated carbocycles. The fraction of sp³-hybridized carbons (Fsp3) is 0. The summed E-state index contributed by atoms with van der Waals surface area (Å²) in [4.78, 5) is 10.1. The molecule has 2 nitrogen and oxygen atoms in total. The first-order valence-electron chi connectivity index (χ1n) is 2.85. The summed E-state index contributed by atoms with van der Waals surface area (Å²) in [7, 11) is 0. The molecule has 0 aromatic heterocycles. The number of aldehydes is 1. The minimum atomic E-state index is -0.910. The van der Waals surface area contributed by atoms with Gasteiger partial charge in [0.15, 0.2) is 6.29 Å². The maximum atomic E-state index is 12.5. The van der Waals surface area contributed by atoms with Crippen LogP contribution in [0.3, 0.4) is 0 Å². The number of benzene rings is 1. The van der Waals surface area contributed by atoms with Gasteiger partial charge in [-0.1, -0.05) is 0 Å². The Bertz CT molecular complexity index is 299. The Labute approximate surface area is 61.6 Å². The summed E-state index contributed by atoms with van der Waals surface area (Å²) in [6.45, 7) is 0. The molecule has 0 bridgehead atoms. The molecule has 58 valence electrons. The standard InChI is InChI=1S/C7H5F2NO/c8-5-1-4(3-11)7(10)6(9)2-5/h1-3H,10H2. The number of hydrogen-bond acceptors (Lipinski definition) is 2. The minimum Gasteiger partial charge on any atom is -0.396 e. The second-order valence-electron chi connectivity index (χ2n) is 2.01. The van der Waals surface area contributed by atoms with Crippen LogP contribution in [0.5, 0.6) is 0 Å². The number of nitrogen functional groups attached to an aromatic ring is 1. The van der Waals surface area contributed by atoms with Gasteiger partial charge < -0.3 is 5.73 Å². The van der Waals surface area contributed by atoms with E-state index in [0.29, 0.717) is 12.4 Å². The van der Waals surface area contributed by atoms with Crippen molar-refractivity contribution in [1.29, 1.82) is 0 Å². The summed E-state index contributed by atoms with van der Waals surface area (Å²) in [6.07, 6.45) is 0.307. The Morgan fingerprint density at radius 1 is 1.36 bits per heavy atom. The van der Waals surface area contributed by atoms with E-state index in [1.165, 1.54) is 0 Å². The fourth-order valence-corrected chi connectivity index (χ4v) is 0.702. The largest absolute Gasteiger partial charge is 0.396 e. The second-order valence-corrected chi connectivity index (χ2v) is 2.01. The average Bonchev–Trinajstić information content (AvgIpc) is 1.96. The van der Waals surface area contributed by atoms with Crippen molar-refractivity contribution in [2.24, 2.45) is 0 Å². The Morgan fingerprint density at radius 3 is 2.55 bits per heavy atom. The molecule has 4 heteroatoms. The Kier molecular flexibility index (Phi) is 1.85. The van der Waals surface area contributed by atoms with Crippen LogP contribution in [-0.4, -0.2) is 6.29 Å². The summed E-state index contributed by atoms with van der Waals surface area (Å²) < 4.78 is 24.8. The average molecular weight is 157 g/mol. The predicted octanol–water partition coefficient (Wildman–Crippen LogP) is 1.36. The molecule has 0 spiro atoms. The zero-order valence-corrected chi connectivity index (χ0v) is 5.47. The molecule has 0 heterocycles. The van der Waals surface area contributed by atoms with E-state index in [0.717, 1.165) is 6.07 Å². The summed E-state index contributed by atoms with van der Waals surface area (Å²) in [5.41, 5.74) is 4.61. The van der Waals surface area contributed by atoms with Crippen molar-refractivity contribution in [3.05, 3.63) is 29.3 Å². The van der Waals surface area contributed by atoms with E-state index >= 15 is 0 Å². The van der Waals surface area contributed by atoms with Crippen molar-refractivity contribution in [3.63, 3.8) is 0 Å². The lowest BCUT2D eigenvalue weighted by Gasteiger charge is -1.98. The zero-order chi connectivity index (χ0) is 8.43. The zero-order valence-electron chi connectivity index (χ0n) is 5.47. The van der Waals surface area contributed by atoms with Crippen LogP contribution in [-0.2, 0) is 0 Å². The van der Waals surface area contributed by atoms with E-state index in [1.807, 2.05) is 0 Å². The van der Waals surface area contributed by atoms with Crippen LogP contribution in [0.15, 0.2) is 12.1 Å². The third kappa shape index (κ3) is 1.34. The number of anilines is 1. The molecule has 1 aromatic rings. The lowest BCUT2D eigenvalue weighted by atomic mass is 10.2. The van der Waals surface area contributed by atoms with Gasteiger partial charge in [0.2, 0.25) is 0 Å². The van der Waals surface area contributed by atoms with Gasteiger partial charge in [-0.2, -0.15) is 0 Å². The summed E-state index contributed by atoms with van der Waals surface area (Å²) in [5.74, 6) is -1.72. The number of carbonyl (C=O) groups is 1. The third-order valence-electron chi connectivity index (χ3n) is 1.25. The molecular weight excluding hydrogens is 152 g/mol. The number of hydrogen-bond donors (Lipinski definition) is 1. The van der Waals surface area contributed by atoms with Crippen LogP contribution in [0.25, 0.3) is 0 Å². The maximum Gasteiger partial charge on any atom is 0.152 e. The van der Waals surface area contributed by atoms with Gasteiger partial charge in [-0.25, -0.2) is 8.78 Å². The molecule has 1 rings (SSSR count). The van der Waals surface area contributed by atoms with Crippen LogP contribution in [0.4, 0.5) is 14.5 Å². The van der Waals surface area contributed by atoms with E-state index in [9.17, 15) is 13.6 Å². The van der Waals surface area contributed by atoms with Crippen LogP contribution >= 0.6 is 0 Å². The molecule has 2 N–H and O–H groups in total. The molecule has 0 fully saturated rings. The number of halogens is 2. The molecule has 0 aliphatic rings. The number of nitrogens with two attached hydrogens (primary N) is 1. The van der Waals surface area contributed by atoms with Crippen LogP contribution in [0, 0.1) is 11.6 Å². The summed E-state index contributed by atoms with van der Waals surface area (Å²) >= 11 is 0. The van der Waals surface area contributed by atoms with E-state index in [-0.39, 0.29) is 11.3 Å². The number of carbonyl (C=O) groups excluding carboxylic acids is 1. The molecule has 0 aliphatic carbocycles. The van der Waals surface area contributed by atoms with Crippen molar-refractivity contribution in [2.75, 3.05) is 5.73 Å². The molecule has 0 unspecified atom stereocenters. The predicted molar refractivity (Wildman–Crippen MR) is 36.2 cm³/mol. The third-order valence-corrected chi connectivity index (χ3v) is 1.25. The molecule has 0 radical (unpaired) electrons. The molecule has 0 atom stereocenters. The van der Waals surface area contributed by atoms with Crippen molar-refractivity contribution < 1.29 is 13.6 Å². The highest BCUT2D eigenvalue weighted by Gasteiger charge is 2.06. The molecule has 11 heavy (non-hydrogen) atoms. The Morgan fingerprint density at radius 2 is 2.00 bits per heavy atom. The fourth-order valence-electron chi connectivity index (χ4n) is 0.702. The van der Waals surface area contributed by atoms with Gasteiger partial charge in [-0.3, -0.25) is 4.79 Å². The topological polar surface area (TPSA) is 43.1 Å². The molecular formula is C7H5F2NO. The molecule has 1 aromatic carbocycles. The highest BCUT2D eigenvalue weighted by atomic mass is 19.1. The van der Waals surface area contributed by atoms with Gasteiger partial charge >= 0.3 is 0 Å². The van der Waals surface area contributed by atoms with Crippen molar-refractivity contribution in [2.45, 2.75) is 0 Å². The summed E-state index contributed by atoms with van der Waals surface area (Å²) in [6, 6.07) is 1.51. The lowest BCUT2D eigenvalue weighted by molar-refractivity contribution is 0.112. The smallest absolute Gasteiger partial charge is 0.152 e. The van der Waals surface area contributed by atoms with Gasteiger partial charge in [0.1, 0.15) is 11.6 Å². The van der Waals surface area contributed by atoms with E-state index in [4.69, 9.17) is 5.73 Å². The highest BCUT2D eigenvalue weighted by Crippen LogP contribution is 2.15. The first kappa shape index (κ1) is 7.65. The number of rotatable bonds is 1. The molecule has 0 saturated heterocycles. The monoisotopic (exact) mass is 157 g/mol. The second kappa shape index (κ2) is 2.65. The van der Waals surface area contributed by atoms with Gasteiger partial charge in [-0.05, 0) is 6.07 Å². The van der Waals surface area contributed by atoms with Gasteiger partial charge in [0, 0.05) is 11.6 Å². The lowest BCUT2D eigenvalue weighted by Crippen LogP contribution is -1.97. The minimum absolute atomic E-state index is 0.164. The maximum absolute atomic E-state index is 12.5. The normalized spacial score (nSPS) is 9.64. The van der Waals surface area contributed by atoms with E-state index in [2.05, 4.69) is 0 Å². The van der Waals surface area contributed by atoms with Crippen molar-refractivity contribution >= 4 is 12.0 Å². The van der Waals surface area contributed by atoms with Gasteiger partial charge in [0.25, 0.3) is 0 Å². The van der Waals surface area contributed by atoms with Crippen molar-refractivity contribution in [3.8, 4) is 0 Å². The van der Waals surface area contributed by atoms with E-state index < -0.39 is 11.6 Å². The molecule has 0 aliphatic heterocycles. The first-order chi connectivity index (χ1) is 5.15. The van der Waals surface area contributed by atoms with Crippen LogP contribution in [0.1, 0.15) is 10.4 Å². The van der Waals surface area contributed by atoms with E-state index in [1.54, 1.807) is 0 Å². The Balaban J connectivity index is 3.35. The summed E-state index contributed by atoms with van der Waals surface area (Å²) in [5, 5.41) is 0. The first-order valence-corrected chi connectivity index (χ1v) is 2.85. The van der Waals surface area contributed by atoms with Gasteiger partial charge in [-0.15, -0.1) is 0 Å². The SMILES string of the molecule is Nc1c(F)cc(F)cc1C=O. The quantitative estimate of drug-likeness (QED) is 0.494. The van der Waals surface area contributed by atoms with Gasteiger partial charge in [0.05, 0.1) is 5.69 Å². The Hall–Kier alpha value is -1.45. The van der Waals surface area contributed by atoms with Crippen LogP contribution < -0.4 is 5.73 Å². The van der Waals surface area contributed by atoms with Crippen LogP contribution in [0.2, 0.25) is 0 Å². The highest BCUT2D eigenvalue weighted by molar-refractivity contribution is 5.83. The van der Waals surface area contributed by atoms with Crippen molar-refractivity contribution in [1.82, 2.24) is 0 Å². The molecule has 0 amide bonds.